The lowest BCUT2D eigenvalue weighted by Crippen LogP contribution is -2.10. The Kier molecular flexibility index (Phi) is 4.89. The number of carbonyl (C=O) groups excluding carboxylic acids is 1. The van der Waals surface area contributed by atoms with Crippen molar-refractivity contribution in [2.45, 2.75) is 26.8 Å². The SMILES string of the molecule is COC(=O)c1ccc(Cn2nnc(C#N)c2CC(C)C)cc1. The van der Waals surface area contributed by atoms with E-state index < -0.39 is 0 Å². The Hall–Kier alpha value is -2.68. The molecule has 0 N–H and O–H groups in total. The van der Waals surface area contributed by atoms with Gasteiger partial charge in [0.25, 0.3) is 0 Å². The maximum Gasteiger partial charge on any atom is 0.337 e. The molecule has 2 aromatic rings. The highest BCUT2D eigenvalue weighted by atomic mass is 16.5. The van der Waals surface area contributed by atoms with E-state index in [1.165, 1.54) is 7.11 Å². The van der Waals surface area contributed by atoms with E-state index in [1.54, 1.807) is 16.8 Å². The van der Waals surface area contributed by atoms with Crippen LogP contribution in [0.25, 0.3) is 0 Å². The lowest BCUT2D eigenvalue weighted by atomic mass is 10.1. The predicted molar refractivity (Wildman–Crippen MR) is 80.2 cm³/mol. The minimum atomic E-state index is -0.362. The van der Waals surface area contributed by atoms with E-state index in [2.05, 4.69) is 35.0 Å². The Morgan fingerprint density at radius 3 is 2.59 bits per heavy atom. The van der Waals surface area contributed by atoms with Crippen LogP contribution in [-0.2, 0) is 17.7 Å². The van der Waals surface area contributed by atoms with Crippen molar-refractivity contribution in [1.29, 1.82) is 5.26 Å². The number of benzene rings is 1. The Morgan fingerprint density at radius 1 is 1.36 bits per heavy atom. The van der Waals surface area contributed by atoms with Crippen LogP contribution in [-0.4, -0.2) is 28.1 Å². The average Bonchev–Trinajstić information content (AvgIpc) is 2.88. The molecule has 1 aromatic carbocycles. The number of nitrogens with zero attached hydrogens (tertiary/aromatic N) is 4. The lowest BCUT2D eigenvalue weighted by molar-refractivity contribution is 0.0600. The zero-order chi connectivity index (χ0) is 16.1. The molecule has 0 amide bonds. The third-order valence-electron chi connectivity index (χ3n) is 3.25. The van der Waals surface area contributed by atoms with Crippen LogP contribution in [0.15, 0.2) is 24.3 Å². The van der Waals surface area contributed by atoms with Crippen molar-refractivity contribution in [3.05, 3.63) is 46.8 Å². The second-order valence-corrected chi connectivity index (χ2v) is 5.44. The Balaban J connectivity index is 2.22. The van der Waals surface area contributed by atoms with Crippen molar-refractivity contribution in [3.8, 4) is 6.07 Å². The van der Waals surface area contributed by atoms with Gasteiger partial charge in [0.1, 0.15) is 6.07 Å². The summed E-state index contributed by atoms with van der Waals surface area (Å²) in [7, 11) is 1.35. The Labute approximate surface area is 129 Å². The average molecular weight is 298 g/mol. The second kappa shape index (κ2) is 6.85. The van der Waals surface area contributed by atoms with Crippen LogP contribution in [0.2, 0.25) is 0 Å². The first-order chi connectivity index (χ1) is 10.5. The largest absolute Gasteiger partial charge is 0.465 e. The van der Waals surface area contributed by atoms with Crippen LogP contribution in [0.4, 0.5) is 0 Å². The summed E-state index contributed by atoms with van der Waals surface area (Å²) in [5, 5.41) is 17.1. The number of aromatic nitrogens is 3. The van der Waals surface area contributed by atoms with Crippen LogP contribution in [0, 0.1) is 17.2 Å². The molecule has 22 heavy (non-hydrogen) atoms. The molecule has 0 aliphatic heterocycles. The normalized spacial score (nSPS) is 10.5. The molecular weight excluding hydrogens is 280 g/mol. The van der Waals surface area contributed by atoms with Gasteiger partial charge in [0, 0.05) is 0 Å². The topological polar surface area (TPSA) is 80.8 Å². The van der Waals surface area contributed by atoms with Crippen LogP contribution in [0.3, 0.4) is 0 Å². The van der Waals surface area contributed by atoms with Gasteiger partial charge in [-0.15, -0.1) is 5.10 Å². The van der Waals surface area contributed by atoms with E-state index >= 15 is 0 Å². The summed E-state index contributed by atoms with van der Waals surface area (Å²) in [6.45, 7) is 4.69. The highest BCUT2D eigenvalue weighted by Crippen LogP contribution is 2.14. The van der Waals surface area contributed by atoms with Gasteiger partial charge in [0.2, 0.25) is 0 Å². The third-order valence-corrected chi connectivity index (χ3v) is 3.25. The molecule has 0 unspecified atom stereocenters. The summed E-state index contributed by atoms with van der Waals surface area (Å²) in [5.41, 5.74) is 2.70. The molecule has 6 heteroatoms. The van der Waals surface area contributed by atoms with Crippen molar-refractivity contribution in [2.75, 3.05) is 7.11 Å². The number of carbonyl (C=O) groups is 1. The molecule has 0 fully saturated rings. The fourth-order valence-electron chi connectivity index (χ4n) is 2.17. The highest BCUT2D eigenvalue weighted by molar-refractivity contribution is 5.89. The van der Waals surface area contributed by atoms with Crippen molar-refractivity contribution < 1.29 is 9.53 Å². The van der Waals surface area contributed by atoms with Crippen LogP contribution in [0.5, 0.6) is 0 Å². The first kappa shape index (κ1) is 15.7. The summed E-state index contributed by atoms with van der Waals surface area (Å²) < 4.78 is 6.41. The van der Waals surface area contributed by atoms with Gasteiger partial charge >= 0.3 is 5.97 Å². The summed E-state index contributed by atoms with van der Waals surface area (Å²) in [6.07, 6.45) is 0.746. The minimum Gasteiger partial charge on any atom is -0.465 e. The van der Waals surface area contributed by atoms with E-state index in [-0.39, 0.29) is 5.97 Å². The Morgan fingerprint density at radius 2 is 2.05 bits per heavy atom. The van der Waals surface area contributed by atoms with Gasteiger partial charge in [-0.1, -0.05) is 31.2 Å². The monoisotopic (exact) mass is 298 g/mol. The van der Waals surface area contributed by atoms with Crippen LogP contribution in [0.1, 0.15) is 41.2 Å². The number of methoxy groups -OCH3 is 1. The minimum absolute atomic E-state index is 0.362. The maximum absolute atomic E-state index is 11.4. The number of hydrogen-bond acceptors (Lipinski definition) is 5. The van der Waals surface area contributed by atoms with Gasteiger partial charge in [-0.3, -0.25) is 0 Å². The molecule has 6 nitrogen and oxygen atoms in total. The van der Waals surface area contributed by atoms with E-state index in [9.17, 15) is 4.79 Å². The third kappa shape index (κ3) is 3.50. The molecule has 0 radical (unpaired) electrons. The zero-order valence-corrected chi connectivity index (χ0v) is 12.9. The molecule has 2 rings (SSSR count). The number of hydrogen-bond donors (Lipinski definition) is 0. The van der Waals surface area contributed by atoms with E-state index in [4.69, 9.17) is 5.26 Å². The fraction of sp³-hybridized carbons (Fsp3) is 0.375. The van der Waals surface area contributed by atoms with Gasteiger partial charge in [0.05, 0.1) is 24.9 Å². The smallest absolute Gasteiger partial charge is 0.337 e. The molecular formula is C16H18N4O2. The predicted octanol–water partition coefficient (Wildman–Crippen LogP) is 2.18. The highest BCUT2D eigenvalue weighted by Gasteiger charge is 2.14. The maximum atomic E-state index is 11.4. The van der Waals surface area contributed by atoms with Crippen molar-refractivity contribution >= 4 is 5.97 Å². The van der Waals surface area contributed by atoms with E-state index in [1.807, 2.05) is 12.1 Å². The first-order valence-electron chi connectivity index (χ1n) is 7.04. The fourth-order valence-corrected chi connectivity index (χ4v) is 2.17. The summed E-state index contributed by atoms with van der Waals surface area (Å²) in [5.74, 6) is 0.0469. The van der Waals surface area contributed by atoms with Gasteiger partial charge in [0.15, 0.2) is 5.69 Å². The summed E-state index contributed by atoms with van der Waals surface area (Å²) >= 11 is 0. The van der Waals surface area contributed by atoms with E-state index in [0.717, 1.165) is 17.7 Å². The zero-order valence-electron chi connectivity index (χ0n) is 12.9. The van der Waals surface area contributed by atoms with Gasteiger partial charge in [-0.2, -0.15) is 5.26 Å². The van der Waals surface area contributed by atoms with Crippen molar-refractivity contribution in [3.63, 3.8) is 0 Å². The quantitative estimate of drug-likeness (QED) is 0.790. The molecule has 0 saturated carbocycles. The molecule has 0 bridgehead atoms. The molecule has 0 aliphatic rings. The van der Waals surface area contributed by atoms with Gasteiger partial charge < -0.3 is 4.74 Å². The standard InChI is InChI=1S/C16H18N4O2/c1-11(2)8-15-14(9-17)18-19-20(15)10-12-4-6-13(7-5-12)16(21)22-3/h4-7,11H,8,10H2,1-3H3. The molecule has 114 valence electrons. The second-order valence-electron chi connectivity index (χ2n) is 5.44. The molecule has 1 aromatic heterocycles. The number of rotatable bonds is 5. The Bertz CT molecular complexity index is 696. The number of nitriles is 1. The molecule has 0 saturated heterocycles. The molecule has 1 heterocycles. The van der Waals surface area contributed by atoms with Crippen LogP contribution >= 0.6 is 0 Å². The summed E-state index contributed by atoms with van der Waals surface area (Å²) in [6, 6.07) is 9.20. The van der Waals surface area contributed by atoms with Crippen molar-refractivity contribution in [2.24, 2.45) is 5.92 Å². The molecule has 0 spiro atoms. The number of ether oxygens (including phenoxy) is 1. The summed E-state index contributed by atoms with van der Waals surface area (Å²) in [4.78, 5) is 11.4. The molecule has 0 atom stereocenters. The first-order valence-corrected chi connectivity index (χ1v) is 7.04. The van der Waals surface area contributed by atoms with Gasteiger partial charge in [-0.25, -0.2) is 9.48 Å². The number of esters is 1. The van der Waals surface area contributed by atoms with Crippen molar-refractivity contribution in [1.82, 2.24) is 15.0 Å². The van der Waals surface area contributed by atoms with E-state index in [0.29, 0.717) is 23.7 Å². The lowest BCUT2D eigenvalue weighted by Gasteiger charge is -2.09. The van der Waals surface area contributed by atoms with Gasteiger partial charge in [-0.05, 0) is 30.0 Å². The molecule has 0 aliphatic carbocycles. The van der Waals surface area contributed by atoms with Crippen LogP contribution < -0.4 is 0 Å².